The van der Waals surface area contributed by atoms with Crippen molar-refractivity contribution >= 4 is 15.9 Å². The van der Waals surface area contributed by atoms with Gasteiger partial charge in [-0.2, -0.15) is 4.98 Å². The van der Waals surface area contributed by atoms with Crippen LogP contribution in [0.15, 0.2) is 21.1 Å². The molecule has 0 aliphatic heterocycles. The molecule has 0 bridgehead atoms. The first-order valence-electron chi connectivity index (χ1n) is 6.28. The van der Waals surface area contributed by atoms with Gasteiger partial charge in [0.15, 0.2) is 0 Å². The molecule has 0 radical (unpaired) electrons. The fraction of sp³-hybridized carbons (Fsp3) is 0.429. The molecule has 1 unspecified atom stereocenters. The van der Waals surface area contributed by atoms with Crippen molar-refractivity contribution in [3.05, 3.63) is 33.6 Å². The van der Waals surface area contributed by atoms with Crippen LogP contribution in [0.3, 0.4) is 0 Å². The molecule has 1 aromatic carbocycles. The number of aryl methyl sites for hydroxylation is 2. The van der Waals surface area contributed by atoms with Crippen molar-refractivity contribution < 1.29 is 4.52 Å². The molecular formula is C14H18BrN3O. The molecule has 5 heteroatoms. The van der Waals surface area contributed by atoms with E-state index in [0.717, 1.165) is 16.5 Å². The maximum atomic E-state index is 5.29. The molecule has 0 aliphatic carbocycles. The lowest BCUT2D eigenvalue weighted by Crippen LogP contribution is -2.23. The van der Waals surface area contributed by atoms with E-state index < -0.39 is 0 Å². The molecule has 0 saturated carbocycles. The summed E-state index contributed by atoms with van der Waals surface area (Å²) in [5, 5.41) is 7.21. The van der Waals surface area contributed by atoms with E-state index in [-0.39, 0.29) is 0 Å². The molecule has 1 heterocycles. The predicted molar refractivity (Wildman–Crippen MR) is 79.1 cm³/mol. The van der Waals surface area contributed by atoms with E-state index in [9.17, 15) is 0 Å². The van der Waals surface area contributed by atoms with E-state index in [1.165, 1.54) is 11.1 Å². The molecule has 4 nitrogen and oxygen atoms in total. The van der Waals surface area contributed by atoms with Crippen molar-refractivity contribution in [1.82, 2.24) is 15.5 Å². The standard InChI is InChI=1S/C14H18BrN3O/c1-8-5-11(6-9(2)13(8)15)14-17-12(19-18-14)7-10(3)16-4/h5-6,10,16H,7H2,1-4H3. The van der Waals surface area contributed by atoms with Crippen molar-refractivity contribution in [2.24, 2.45) is 0 Å². The number of rotatable bonds is 4. The highest BCUT2D eigenvalue weighted by molar-refractivity contribution is 9.10. The Kier molecular flexibility index (Phi) is 4.37. The fourth-order valence-corrected chi connectivity index (χ4v) is 2.12. The maximum absolute atomic E-state index is 5.29. The molecule has 102 valence electrons. The normalized spacial score (nSPS) is 12.7. The zero-order chi connectivity index (χ0) is 14.0. The van der Waals surface area contributed by atoms with Crippen LogP contribution in [0.5, 0.6) is 0 Å². The highest BCUT2D eigenvalue weighted by Gasteiger charge is 2.12. The van der Waals surface area contributed by atoms with Gasteiger partial charge in [-0.25, -0.2) is 0 Å². The average Bonchev–Trinajstić information content (AvgIpc) is 2.83. The Morgan fingerprint density at radius 3 is 2.53 bits per heavy atom. The second-order valence-electron chi connectivity index (χ2n) is 4.83. The molecular weight excluding hydrogens is 306 g/mol. The summed E-state index contributed by atoms with van der Waals surface area (Å²) in [7, 11) is 1.92. The van der Waals surface area contributed by atoms with Crippen LogP contribution < -0.4 is 5.32 Å². The third-order valence-electron chi connectivity index (χ3n) is 3.14. The van der Waals surface area contributed by atoms with E-state index in [1.54, 1.807) is 0 Å². The van der Waals surface area contributed by atoms with Crippen molar-refractivity contribution in [1.29, 1.82) is 0 Å². The van der Waals surface area contributed by atoms with Gasteiger partial charge in [0.05, 0.1) is 0 Å². The first-order valence-corrected chi connectivity index (χ1v) is 7.07. The largest absolute Gasteiger partial charge is 0.339 e. The van der Waals surface area contributed by atoms with Crippen molar-refractivity contribution in [3.63, 3.8) is 0 Å². The van der Waals surface area contributed by atoms with Gasteiger partial charge in [0.1, 0.15) is 0 Å². The number of aromatic nitrogens is 2. The Labute approximate surface area is 121 Å². The minimum Gasteiger partial charge on any atom is -0.339 e. The summed E-state index contributed by atoms with van der Waals surface area (Å²) in [6, 6.07) is 4.45. The lowest BCUT2D eigenvalue weighted by atomic mass is 10.1. The van der Waals surface area contributed by atoms with Gasteiger partial charge in [0.25, 0.3) is 0 Å². The van der Waals surface area contributed by atoms with Crippen LogP contribution >= 0.6 is 15.9 Å². The lowest BCUT2D eigenvalue weighted by molar-refractivity contribution is 0.365. The Morgan fingerprint density at radius 2 is 1.95 bits per heavy atom. The van der Waals surface area contributed by atoms with Gasteiger partial charge in [-0.05, 0) is 51.1 Å². The van der Waals surface area contributed by atoms with Gasteiger partial charge < -0.3 is 9.84 Å². The Morgan fingerprint density at radius 1 is 1.32 bits per heavy atom. The highest BCUT2D eigenvalue weighted by Crippen LogP contribution is 2.27. The van der Waals surface area contributed by atoms with E-state index in [2.05, 4.69) is 64.3 Å². The van der Waals surface area contributed by atoms with Gasteiger partial charge >= 0.3 is 0 Å². The summed E-state index contributed by atoms with van der Waals surface area (Å²) in [6.45, 7) is 6.20. The van der Waals surface area contributed by atoms with Crippen LogP contribution in [0.1, 0.15) is 23.9 Å². The SMILES string of the molecule is CNC(C)Cc1nc(-c2cc(C)c(Br)c(C)c2)no1. The molecule has 0 saturated heterocycles. The number of likely N-dealkylation sites (N-methyl/N-ethyl adjacent to an activating group) is 1. The van der Waals surface area contributed by atoms with Crippen LogP contribution in [-0.2, 0) is 6.42 Å². The van der Waals surface area contributed by atoms with Gasteiger partial charge in [-0.3, -0.25) is 0 Å². The minimum atomic E-state index is 0.321. The Hall–Kier alpha value is -1.20. The van der Waals surface area contributed by atoms with Crippen LogP contribution in [0, 0.1) is 13.8 Å². The number of hydrogen-bond donors (Lipinski definition) is 1. The van der Waals surface area contributed by atoms with Crippen LogP contribution in [0.4, 0.5) is 0 Å². The van der Waals surface area contributed by atoms with Crippen LogP contribution in [0.2, 0.25) is 0 Å². The van der Waals surface area contributed by atoms with Crippen LogP contribution in [-0.4, -0.2) is 23.2 Å². The smallest absolute Gasteiger partial charge is 0.228 e. The number of benzene rings is 1. The van der Waals surface area contributed by atoms with E-state index in [0.29, 0.717) is 17.8 Å². The average molecular weight is 324 g/mol. The number of nitrogens with zero attached hydrogens (tertiary/aromatic N) is 2. The van der Waals surface area contributed by atoms with Crippen molar-refractivity contribution in [2.45, 2.75) is 33.2 Å². The summed E-state index contributed by atoms with van der Waals surface area (Å²) in [5.41, 5.74) is 3.33. The molecule has 2 rings (SSSR count). The Balaban J connectivity index is 2.28. The van der Waals surface area contributed by atoms with E-state index in [4.69, 9.17) is 4.52 Å². The second kappa shape index (κ2) is 5.84. The topological polar surface area (TPSA) is 51.0 Å². The highest BCUT2D eigenvalue weighted by atomic mass is 79.9. The van der Waals surface area contributed by atoms with Gasteiger partial charge in [0, 0.05) is 22.5 Å². The van der Waals surface area contributed by atoms with Gasteiger partial charge in [0.2, 0.25) is 11.7 Å². The first kappa shape index (κ1) is 14.2. The molecule has 1 atom stereocenters. The zero-order valence-corrected chi connectivity index (χ0v) is 13.2. The molecule has 0 amide bonds. The van der Waals surface area contributed by atoms with Gasteiger partial charge in [-0.15, -0.1) is 0 Å². The number of hydrogen-bond acceptors (Lipinski definition) is 4. The molecule has 2 aromatic rings. The summed E-state index contributed by atoms with van der Waals surface area (Å²) in [5.74, 6) is 1.31. The molecule has 0 spiro atoms. The predicted octanol–water partition coefficient (Wildman–Crippen LogP) is 3.27. The molecule has 1 N–H and O–H groups in total. The second-order valence-corrected chi connectivity index (χ2v) is 5.62. The minimum absolute atomic E-state index is 0.321. The zero-order valence-electron chi connectivity index (χ0n) is 11.6. The fourth-order valence-electron chi connectivity index (χ4n) is 1.89. The number of halogens is 1. The maximum Gasteiger partial charge on any atom is 0.228 e. The van der Waals surface area contributed by atoms with Gasteiger partial charge in [-0.1, -0.05) is 21.1 Å². The summed E-state index contributed by atoms with van der Waals surface area (Å²) >= 11 is 3.56. The van der Waals surface area contributed by atoms with E-state index >= 15 is 0 Å². The first-order chi connectivity index (χ1) is 9.01. The van der Waals surface area contributed by atoms with Crippen molar-refractivity contribution in [2.75, 3.05) is 7.05 Å². The monoisotopic (exact) mass is 323 g/mol. The summed E-state index contributed by atoms with van der Waals surface area (Å²) < 4.78 is 6.42. The summed E-state index contributed by atoms with van der Waals surface area (Å²) in [6.07, 6.45) is 0.734. The third kappa shape index (κ3) is 3.22. The Bertz CT molecular complexity index is 557. The van der Waals surface area contributed by atoms with Crippen molar-refractivity contribution in [3.8, 4) is 11.4 Å². The van der Waals surface area contributed by atoms with E-state index in [1.807, 2.05) is 7.05 Å². The third-order valence-corrected chi connectivity index (χ3v) is 4.39. The molecule has 0 fully saturated rings. The lowest BCUT2D eigenvalue weighted by Gasteiger charge is -2.05. The van der Waals surface area contributed by atoms with Crippen LogP contribution in [0.25, 0.3) is 11.4 Å². The molecule has 0 aliphatic rings. The number of nitrogens with one attached hydrogen (secondary N) is 1. The molecule has 1 aromatic heterocycles. The quantitative estimate of drug-likeness (QED) is 0.938. The summed E-state index contributed by atoms with van der Waals surface area (Å²) in [4.78, 5) is 4.45. The molecule has 19 heavy (non-hydrogen) atoms.